The second kappa shape index (κ2) is 5.81. The van der Waals surface area contributed by atoms with E-state index in [2.05, 4.69) is 5.48 Å². The third kappa shape index (κ3) is 2.76. The highest BCUT2D eigenvalue weighted by molar-refractivity contribution is 7.90. The summed E-state index contributed by atoms with van der Waals surface area (Å²) in [5.41, 5.74) is 4.03. The van der Waals surface area contributed by atoms with Gasteiger partial charge in [-0.1, -0.05) is 42.5 Å². The third-order valence-electron chi connectivity index (χ3n) is 3.93. The molecule has 6 heteroatoms. The van der Waals surface area contributed by atoms with Crippen molar-refractivity contribution in [3.8, 4) is 0 Å². The molecule has 0 saturated carbocycles. The zero-order valence-corrected chi connectivity index (χ0v) is 13.4. The number of nitrogens with one attached hydrogen (secondary N) is 1. The van der Waals surface area contributed by atoms with Gasteiger partial charge in [0.1, 0.15) is 0 Å². The molecule has 0 aromatic heterocycles. The van der Waals surface area contributed by atoms with Crippen molar-refractivity contribution in [1.29, 1.82) is 0 Å². The largest absolute Gasteiger partial charge is 0.393 e. The summed E-state index contributed by atoms with van der Waals surface area (Å²) in [6.07, 6.45) is 2.85. The van der Waals surface area contributed by atoms with Crippen LogP contribution in [-0.2, 0) is 20.3 Å². The summed E-state index contributed by atoms with van der Waals surface area (Å²) in [5.74, 6) is 0. The van der Waals surface area contributed by atoms with Crippen LogP contribution in [0.3, 0.4) is 0 Å². The van der Waals surface area contributed by atoms with Gasteiger partial charge >= 0.3 is 0 Å². The summed E-state index contributed by atoms with van der Waals surface area (Å²) in [6, 6.07) is 15.9. The molecular weight excluding hydrogens is 314 g/mol. The maximum absolute atomic E-state index is 11.6. The molecular formula is C17H17NO4S. The Bertz CT molecular complexity index is 829. The first-order chi connectivity index (χ1) is 11.0. The van der Waals surface area contributed by atoms with E-state index in [9.17, 15) is 13.5 Å². The fourth-order valence-electron chi connectivity index (χ4n) is 2.69. The van der Waals surface area contributed by atoms with Crippen molar-refractivity contribution in [3.63, 3.8) is 0 Å². The molecule has 5 nitrogen and oxygen atoms in total. The second-order valence-corrected chi connectivity index (χ2v) is 7.44. The summed E-state index contributed by atoms with van der Waals surface area (Å²) in [6.45, 7) is -0.246. The average molecular weight is 331 g/mol. The van der Waals surface area contributed by atoms with E-state index in [0.717, 1.165) is 16.7 Å². The predicted octanol–water partition coefficient (Wildman–Crippen LogP) is 1.85. The summed E-state index contributed by atoms with van der Waals surface area (Å²) in [5, 5.41) is 9.98. The van der Waals surface area contributed by atoms with Crippen molar-refractivity contribution >= 4 is 15.4 Å². The Morgan fingerprint density at radius 1 is 1.09 bits per heavy atom. The monoisotopic (exact) mass is 331 g/mol. The van der Waals surface area contributed by atoms with Crippen LogP contribution in [-0.4, -0.2) is 26.4 Å². The van der Waals surface area contributed by atoms with Crippen molar-refractivity contribution in [2.45, 2.75) is 10.5 Å². The predicted molar refractivity (Wildman–Crippen MR) is 87.0 cm³/mol. The summed E-state index contributed by atoms with van der Waals surface area (Å²) in [7, 11) is -3.25. The van der Waals surface area contributed by atoms with Crippen molar-refractivity contribution < 1.29 is 18.4 Å². The minimum Gasteiger partial charge on any atom is -0.393 e. The molecule has 2 aromatic carbocycles. The van der Waals surface area contributed by atoms with Gasteiger partial charge < -0.3 is 5.11 Å². The fraction of sp³-hybridized carbons (Fsp3) is 0.176. The number of rotatable bonds is 4. The van der Waals surface area contributed by atoms with Crippen LogP contribution in [0.15, 0.2) is 65.7 Å². The quantitative estimate of drug-likeness (QED) is 0.894. The van der Waals surface area contributed by atoms with Crippen LogP contribution in [0.2, 0.25) is 0 Å². The smallest absolute Gasteiger partial charge is 0.175 e. The number of hydrogen-bond acceptors (Lipinski definition) is 5. The molecule has 1 atom stereocenters. The first-order valence-electron chi connectivity index (χ1n) is 7.08. The molecule has 0 saturated heterocycles. The fourth-order valence-corrected chi connectivity index (χ4v) is 3.32. The van der Waals surface area contributed by atoms with Crippen molar-refractivity contribution in [2.24, 2.45) is 0 Å². The molecule has 1 aliphatic rings. The molecule has 120 valence electrons. The lowest BCUT2D eigenvalue weighted by Gasteiger charge is -2.29. The highest BCUT2D eigenvalue weighted by Crippen LogP contribution is 2.41. The van der Waals surface area contributed by atoms with E-state index in [1.165, 1.54) is 6.26 Å². The number of hydrogen-bond donors (Lipinski definition) is 2. The minimum absolute atomic E-state index is 0.246. The maximum Gasteiger partial charge on any atom is 0.175 e. The SMILES string of the molecule is CS(=O)(=O)c1ccc(C2=CNOC2(CO)c2ccccc2)cc1. The molecule has 0 radical (unpaired) electrons. The number of sulfone groups is 1. The van der Waals surface area contributed by atoms with Gasteiger partial charge in [0.15, 0.2) is 15.4 Å². The Labute approximate surface area is 135 Å². The van der Waals surface area contributed by atoms with Gasteiger partial charge in [0.2, 0.25) is 0 Å². The van der Waals surface area contributed by atoms with Crippen LogP contribution in [0.5, 0.6) is 0 Å². The molecule has 0 bridgehead atoms. The molecule has 1 aliphatic heterocycles. The van der Waals surface area contributed by atoms with Gasteiger partial charge in [-0.15, -0.1) is 0 Å². The Morgan fingerprint density at radius 2 is 1.74 bits per heavy atom. The molecule has 2 N–H and O–H groups in total. The number of aliphatic hydroxyl groups excluding tert-OH is 1. The van der Waals surface area contributed by atoms with E-state index in [4.69, 9.17) is 4.84 Å². The molecule has 23 heavy (non-hydrogen) atoms. The van der Waals surface area contributed by atoms with Crippen LogP contribution in [0, 0.1) is 0 Å². The maximum atomic E-state index is 11.6. The van der Waals surface area contributed by atoms with Gasteiger partial charge in [-0.05, 0) is 23.3 Å². The van der Waals surface area contributed by atoms with E-state index >= 15 is 0 Å². The van der Waals surface area contributed by atoms with Gasteiger partial charge in [0, 0.05) is 18.0 Å². The summed E-state index contributed by atoms with van der Waals surface area (Å²) in [4.78, 5) is 5.88. The molecule has 0 fully saturated rings. The van der Waals surface area contributed by atoms with E-state index in [-0.39, 0.29) is 11.5 Å². The van der Waals surface area contributed by atoms with E-state index in [1.807, 2.05) is 30.3 Å². The first-order valence-corrected chi connectivity index (χ1v) is 8.97. The first kappa shape index (κ1) is 15.7. The van der Waals surface area contributed by atoms with E-state index < -0.39 is 15.4 Å². The number of aliphatic hydroxyl groups is 1. The lowest BCUT2D eigenvalue weighted by atomic mass is 9.84. The molecule has 0 aliphatic carbocycles. The van der Waals surface area contributed by atoms with E-state index in [1.54, 1.807) is 30.5 Å². The van der Waals surface area contributed by atoms with Gasteiger partial charge in [0.25, 0.3) is 0 Å². The van der Waals surface area contributed by atoms with Crippen molar-refractivity contribution in [3.05, 3.63) is 71.9 Å². The number of hydroxylamine groups is 1. The number of benzene rings is 2. The molecule has 0 amide bonds. The Hall–Kier alpha value is -2.15. The van der Waals surface area contributed by atoms with Crippen molar-refractivity contribution in [1.82, 2.24) is 5.48 Å². The van der Waals surface area contributed by atoms with E-state index in [0.29, 0.717) is 0 Å². The lowest BCUT2D eigenvalue weighted by Crippen LogP contribution is -2.33. The lowest BCUT2D eigenvalue weighted by molar-refractivity contribution is -0.0669. The van der Waals surface area contributed by atoms with Crippen molar-refractivity contribution in [2.75, 3.05) is 12.9 Å². The van der Waals surface area contributed by atoms with Crippen LogP contribution in [0.4, 0.5) is 0 Å². The van der Waals surface area contributed by atoms with Crippen LogP contribution in [0.25, 0.3) is 5.57 Å². The second-order valence-electron chi connectivity index (χ2n) is 5.43. The van der Waals surface area contributed by atoms with Crippen LogP contribution >= 0.6 is 0 Å². The molecule has 1 heterocycles. The highest BCUT2D eigenvalue weighted by Gasteiger charge is 2.41. The summed E-state index contributed by atoms with van der Waals surface area (Å²) < 4.78 is 23.2. The zero-order chi connectivity index (χ0) is 16.5. The minimum atomic E-state index is -3.25. The van der Waals surface area contributed by atoms with Gasteiger partial charge in [0.05, 0.1) is 11.5 Å². The van der Waals surface area contributed by atoms with Crippen LogP contribution in [0.1, 0.15) is 11.1 Å². The average Bonchev–Trinajstić information content (AvgIpc) is 3.00. The molecule has 2 aromatic rings. The summed E-state index contributed by atoms with van der Waals surface area (Å²) >= 11 is 0. The topological polar surface area (TPSA) is 75.6 Å². The third-order valence-corrected chi connectivity index (χ3v) is 5.06. The molecule has 0 spiro atoms. The molecule has 3 rings (SSSR count). The van der Waals surface area contributed by atoms with Gasteiger partial charge in [-0.3, -0.25) is 10.3 Å². The Balaban J connectivity index is 2.05. The Kier molecular flexibility index (Phi) is 3.97. The normalized spacial score (nSPS) is 20.9. The highest BCUT2D eigenvalue weighted by atomic mass is 32.2. The molecule has 1 unspecified atom stereocenters. The Morgan fingerprint density at radius 3 is 2.30 bits per heavy atom. The van der Waals surface area contributed by atoms with Gasteiger partial charge in [-0.25, -0.2) is 8.42 Å². The zero-order valence-electron chi connectivity index (χ0n) is 12.6. The standard InChI is InChI=1S/C17H17NO4S/c1-23(20,21)15-9-7-13(8-10-15)16-11-18-22-17(16,12-19)14-5-3-2-4-6-14/h2-11,18-19H,12H2,1H3. The van der Waals surface area contributed by atoms with Crippen LogP contribution < -0.4 is 5.48 Å². The van der Waals surface area contributed by atoms with Gasteiger partial charge in [-0.2, -0.15) is 0 Å².